The van der Waals surface area contributed by atoms with Gasteiger partial charge in [0.05, 0.1) is 43.7 Å². The topological polar surface area (TPSA) is 59.8 Å². The van der Waals surface area contributed by atoms with Crippen molar-refractivity contribution in [3.63, 3.8) is 0 Å². The zero-order valence-electron chi connectivity index (χ0n) is 17.7. The Morgan fingerprint density at radius 3 is 2.47 bits per heavy atom. The minimum atomic E-state index is 0.108. The lowest BCUT2D eigenvalue weighted by Gasteiger charge is -2.37. The maximum atomic E-state index is 12.9. The predicted molar refractivity (Wildman–Crippen MR) is 117 cm³/mol. The van der Waals surface area contributed by atoms with Gasteiger partial charge in [0.2, 0.25) is 0 Å². The van der Waals surface area contributed by atoms with Gasteiger partial charge in [-0.05, 0) is 31.0 Å². The van der Waals surface area contributed by atoms with Crippen LogP contribution in [-0.4, -0.2) is 73.6 Å². The number of ether oxygens (including phenoxy) is 2. The summed E-state index contributed by atoms with van der Waals surface area (Å²) in [4.78, 5) is 22.5. The van der Waals surface area contributed by atoms with E-state index in [4.69, 9.17) is 9.47 Å². The van der Waals surface area contributed by atoms with Crippen LogP contribution in [0.5, 0.6) is 0 Å². The third-order valence-electron chi connectivity index (χ3n) is 6.82. The molecule has 3 aliphatic rings. The number of rotatable bonds is 4. The third-order valence-corrected chi connectivity index (χ3v) is 6.82. The Bertz CT molecular complexity index is 908. The lowest BCUT2D eigenvalue weighted by molar-refractivity contribution is 0.102. The van der Waals surface area contributed by atoms with Crippen molar-refractivity contribution in [2.45, 2.75) is 31.7 Å². The van der Waals surface area contributed by atoms with E-state index < -0.39 is 0 Å². The Morgan fingerprint density at radius 1 is 1.00 bits per heavy atom. The summed E-state index contributed by atoms with van der Waals surface area (Å²) >= 11 is 0. The van der Waals surface area contributed by atoms with Gasteiger partial charge in [0.15, 0.2) is 0 Å². The van der Waals surface area contributed by atoms with Gasteiger partial charge in [0.25, 0.3) is 5.56 Å². The van der Waals surface area contributed by atoms with Gasteiger partial charge < -0.3 is 14.4 Å². The second kappa shape index (κ2) is 9.04. The van der Waals surface area contributed by atoms with E-state index in [0.717, 1.165) is 75.4 Å². The quantitative estimate of drug-likeness (QED) is 0.768. The molecule has 2 saturated heterocycles. The molecule has 1 aliphatic carbocycles. The van der Waals surface area contributed by atoms with Crippen molar-refractivity contribution in [2.24, 2.45) is 5.92 Å². The van der Waals surface area contributed by atoms with E-state index in [1.165, 1.54) is 12.8 Å². The number of hydrogen-bond donors (Lipinski definition) is 0. The van der Waals surface area contributed by atoms with Crippen LogP contribution in [0.25, 0.3) is 10.9 Å². The van der Waals surface area contributed by atoms with Crippen molar-refractivity contribution < 1.29 is 9.47 Å². The van der Waals surface area contributed by atoms with Gasteiger partial charge in [0, 0.05) is 50.4 Å². The van der Waals surface area contributed by atoms with Gasteiger partial charge in [-0.25, -0.2) is 4.98 Å². The second-order valence-electron chi connectivity index (χ2n) is 8.90. The summed E-state index contributed by atoms with van der Waals surface area (Å²) in [6.45, 7) is 8.10. The van der Waals surface area contributed by atoms with Crippen LogP contribution in [0.15, 0.2) is 29.3 Å². The van der Waals surface area contributed by atoms with Crippen LogP contribution >= 0.6 is 0 Å². The minimum absolute atomic E-state index is 0.108. The molecule has 0 radical (unpaired) electrons. The zero-order chi connectivity index (χ0) is 20.3. The first kappa shape index (κ1) is 20.0. The van der Waals surface area contributed by atoms with Crippen LogP contribution in [0.3, 0.4) is 0 Å². The molecule has 1 aromatic carbocycles. The highest BCUT2D eigenvalue weighted by molar-refractivity contribution is 5.81. The molecule has 30 heavy (non-hydrogen) atoms. The van der Waals surface area contributed by atoms with E-state index in [2.05, 4.69) is 26.9 Å². The van der Waals surface area contributed by atoms with E-state index in [0.29, 0.717) is 25.2 Å². The summed E-state index contributed by atoms with van der Waals surface area (Å²) < 4.78 is 13.1. The summed E-state index contributed by atoms with van der Waals surface area (Å²) in [6, 6.07) is 6.47. The summed E-state index contributed by atoms with van der Waals surface area (Å²) in [5, 5.41) is 0.736. The van der Waals surface area contributed by atoms with Crippen molar-refractivity contribution in [1.82, 2.24) is 14.5 Å². The zero-order valence-corrected chi connectivity index (χ0v) is 17.7. The number of nitrogens with zero attached hydrogens (tertiary/aromatic N) is 4. The van der Waals surface area contributed by atoms with Gasteiger partial charge in [-0.15, -0.1) is 0 Å². The monoisotopic (exact) mass is 412 g/mol. The van der Waals surface area contributed by atoms with Crippen molar-refractivity contribution in [1.29, 1.82) is 0 Å². The average Bonchev–Trinajstić information content (AvgIpc) is 3.19. The molecule has 2 aliphatic heterocycles. The SMILES string of the molecule is O=c1c2ccc(N3CCN(CC4COCCOC4)CC3)cc2ncn1C1CCCC1. The van der Waals surface area contributed by atoms with Gasteiger partial charge in [-0.1, -0.05) is 12.8 Å². The van der Waals surface area contributed by atoms with Crippen molar-refractivity contribution >= 4 is 16.6 Å². The molecule has 0 N–H and O–H groups in total. The normalized spacial score (nSPS) is 22.6. The van der Waals surface area contributed by atoms with Crippen LogP contribution < -0.4 is 10.5 Å². The number of anilines is 1. The highest BCUT2D eigenvalue weighted by Crippen LogP contribution is 2.28. The summed E-state index contributed by atoms with van der Waals surface area (Å²) in [7, 11) is 0. The average molecular weight is 413 g/mol. The molecule has 7 nitrogen and oxygen atoms in total. The molecule has 5 rings (SSSR count). The molecule has 0 unspecified atom stereocenters. The fraction of sp³-hybridized carbons (Fsp3) is 0.652. The molecule has 1 saturated carbocycles. The first-order valence-electron chi connectivity index (χ1n) is 11.4. The van der Waals surface area contributed by atoms with Crippen molar-refractivity contribution in [3.05, 3.63) is 34.9 Å². The van der Waals surface area contributed by atoms with Crippen LogP contribution in [0.4, 0.5) is 5.69 Å². The smallest absolute Gasteiger partial charge is 0.261 e. The molecular formula is C23H32N4O3. The number of piperazine rings is 1. The van der Waals surface area contributed by atoms with E-state index in [1.54, 1.807) is 6.33 Å². The maximum Gasteiger partial charge on any atom is 0.261 e. The lowest BCUT2D eigenvalue weighted by Crippen LogP contribution is -2.48. The fourth-order valence-electron chi connectivity index (χ4n) is 5.09. The summed E-state index contributed by atoms with van der Waals surface area (Å²) in [6.07, 6.45) is 6.37. The maximum absolute atomic E-state index is 12.9. The molecule has 0 atom stereocenters. The van der Waals surface area contributed by atoms with Crippen LogP contribution in [0.1, 0.15) is 31.7 Å². The van der Waals surface area contributed by atoms with E-state index in [9.17, 15) is 4.79 Å². The molecule has 0 amide bonds. The largest absolute Gasteiger partial charge is 0.379 e. The van der Waals surface area contributed by atoms with Gasteiger partial charge in [-0.2, -0.15) is 0 Å². The molecule has 0 spiro atoms. The lowest BCUT2D eigenvalue weighted by atomic mass is 10.1. The van der Waals surface area contributed by atoms with Crippen LogP contribution in [-0.2, 0) is 9.47 Å². The van der Waals surface area contributed by atoms with E-state index >= 15 is 0 Å². The first-order valence-corrected chi connectivity index (χ1v) is 11.4. The number of fused-ring (bicyclic) bond motifs is 1. The standard InChI is InChI=1S/C23H32N4O3/c28-23-21-6-5-20(13-22(21)24-17-27(23)19-3-1-2-4-19)26-9-7-25(8-10-26)14-18-15-29-11-12-30-16-18/h5-6,13,17-19H,1-4,7-12,14-16H2. The van der Waals surface area contributed by atoms with Crippen molar-refractivity contribution in [2.75, 3.05) is 64.1 Å². The molecule has 7 heteroatoms. The number of benzene rings is 1. The van der Waals surface area contributed by atoms with E-state index in [-0.39, 0.29) is 5.56 Å². The molecular weight excluding hydrogens is 380 g/mol. The van der Waals surface area contributed by atoms with Gasteiger partial charge >= 0.3 is 0 Å². The number of hydrogen-bond acceptors (Lipinski definition) is 6. The molecule has 3 fully saturated rings. The Hall–Kier alpha value is -1.96. The summed E-state index contributed by atoms with van der Waals surface area (Å²) in [5.74, 6) is 0.464. The Balaban J connectivity index is 1.24. The molecule has 162 valence electrons. The highest BCUT2D eigenvalue weighted by atomic mass is 16.5. The third kappa shape index (κ3) is 4.24. The number of aromatic nitrogens is 2. The molecule has 2 aromatic rings. The minimum Gasteiger partial charge on any atom is -0.379 e. The van der Waals surface area contributed by atoms with Crippen LogP contribution in [0, 0.1) is 5.92 Å². The van der Waals surface area contributed by atoms with Crippen molar-refractivity contribution in [3.8, 4) is 0 Å². The summed E-state index contributed by atoms with van der Waals surface area (Å²) in [5.41, 5.74) is 2.08. The first-order chi connectivity index (χ1) is 14.8. The molecule has 0 bridgehead atoms. The van der Waals surface area contributed by atoms with Gasteiger partial charge in [0.1, 0.15) is 0 Å². The Kier molecular flexibility index (Phi) is 6.02. The second-order valence-corrected chi connectivity index (χ2v) is 8.90. The van der Waals surface area contributed by atoms with Crippen LogP contribution in [0.2, 0.25) is 0 Å². The Morgan fingerprint density at radius 2 is 1.73 bits per heavy atom. The fourth-order valence-corrected chi connectivity index (χ4v) is 5.09. The highest BCUT2D eigenvalue weighted by Gasteiger charge is 2.23. The predicted octanol–water partition coefficient (Wildman–Crippen LogP) is 2.30. The van der Waals surface area contributed by atoms with Gasteiger partial charge in [-0.3, -0.25) is 14.3 Å². The Labute approximate surface area is 177 Å². The van der Waals surface area contributed by atoms with E-state index in [1.807, 2.05) is 10.6 Å². The molecule has 3 heterocycles. The molecule has 1 aromatic heterocycles.